The molecule has 16 heavy (non-hydrogen) atoms. The quantitative estimate of drug-likeness (QED) is 0.461. The zero-order valence-corrected chi connectivity index (χ0v) is 8.98. The fourth-order valence-electron chi connectivity index (χ4n) is 1.52. The van der Waals surface area contributed by atoms with E-state index in [9.17, 15) is 15.0 Å². The largest absolute Gasteiger partial charge is 0.479 e. The summed E-state index contributed by atoms with van der Waals surface area (Å²) in [6.07, 6.45) is -7.88. The van der Waals surface area contributed by atoms with E-state index in [1.807, 2.05) is 0 Å². The van der Waals surface area contributed by atoms with E-state index >= 15 is 0 Å². The molecule has 5 atom stereocenters. The first-order valence-electron chi connectivity index (χ1n) is 4.92. The third-order valence-corrected chi connectivity index (χ3v) is 2.24. The van der Waals surface area contributed by atoms with Crippen LogP contribution in [0.5, 0.6) is 0 Å². The van der Waals surface area contributed by atoms with E-state index in [2.05, 4.69) is 4.74 Å². The van der Waals surface area contributed by atoms with Gasteiger partial charge in [-0.15, -0.1) is 0 Å². The van der Waals surface area contributed by atoms with E-state index in [0.717, 1.165) is 0 Å². The lowest BCUT2D eigenvalue weighted by molar-refractivity contribution is -0.291. The minimum Gasteiger partial charge on any atom is -0.479 e. The second-order valence-electron chi connectivity index (χ2n) is 3.92. The van der Waals surface area contributed by atoms with Crippen molar-refractivity contribution in [3.8, 4) is 0 Å². The van der Waals surface area contributed by atoms with Crippen molar-refractivity contribution >= 4 is 5.97 Å². The van der Waals surface area contributed by atoms with E-state index in [-0.39, 0.29) is 6.10 Å². The van der Waals surface area contributed by atoms with Gasteiger partial charge in [0, 0.05) is 0 Å². The number of hydrogen-bond donors (Lipinski definition) is 4. The molecule has 1 aliphatic heterocycles. The van der Waals surface area contributed by atoms with Gasteiger partial charge in [-0.25, -0.2) is 4.79 Å². The topological polar surface area (TPSA) is 116 Å². The van der Waals surface area contributed by atoms with E-state index in [1.54, 1.807) is 13.8 Å². The Labute approximate surface area is 92.2 Å². The normalized spacial score (nSPS) is 40.0. The number of rotatable bonds is 3. The van der Waals surface area contributed by atoms with Gasteiger partial charge in [0.05, 0.1) is 6.10 Å². The molecule has 0 spiro atoms. The first-order chi connectivity index (χ1) is 7.34. The molecule has 1 saturated heterocycles. The Morgan fingerprint density at radius 2 is 1.81 bits per heavy atom. The molecule has 1 rings (SSSR count). The third kappa shape index (κ3) is 2.69. The molecule has 7 heteroatoms. The van der Waals surface area contributed by atoms with Crippen molar-refractivity contribution in [2.75, 3.05) is 0 Å². The van der Waals surface area contributed by atoms with E-state index in [0.29, 0.717) is 0 Å². The summed E-state index contributed by atoms with van der Waals surface area (Å²) in [6, 6.07) is 0. The molecule has 0 unspecified atom stereocenters. The van der Waals surface area contributed by atoms with Gasteiger partial charge in [0.15, 0.2) is 12.4 Å². The van der Waals surface area contributed by atoms with Crippen LogP contribution < -0.4 is 0 Å². The van der Waals surface area contributed by atoms with Crippen LogP contribution in [-0.4, -0.2) is 63.2 Å². The molecular weight excluding hydrogens is 220 g/mol. The van der Waals surface area contributed by atoms with Crippen LogP contribution in [0.3, 0.4) is 0 Å². The highest BCUT2D eigenvalue weighted by atomic mass is 16.7. The number of hydrogen-bond acceptors (Lipinski definition) is 6. The van der Waals surface area contributed by atoms with Gasteiger partial charge in [-0.2, -0.15) is 0 Å². The first kappa shape index (κ1) is 13.3. The number of carboxylic acids is 1. The van der Waals surface area contributed by atoms with Gasteiger partial charge in [-0.05, 0) is 13.8 Å². The lowest BCUT2D eigenvalue weighted by atomic mass is 9.98. The van der Waals surface area contributed by atoms with Crippen molar-refractivity contribution in [3.05, 3.63) is 0 Å². The number of aliphatic hydroxyl groups is 3. The molecule has 0 aliphatic carbocycles. The molecule has 1 aliphatic rings. The molecule has 4 N–H and O–H groups in total. The van der Waals surface area contributed by atoms with Crippen molar-refractivity contribution in [3.63, 3.8) is 0 Å². The maximum Gasteiger partial charge on any atom is 0.335 e. The van der Waals surface area contributed by atoms with Crippen LogP contribution in [0, 0.1) is 0 Å². The lowest BCUT2D eigenvalue weighted by Crippen LogP contribution is -2.61. The number of ether oxygens (including phenoxy) is 2. The van der Waals surface area contributed by atoms with Crippen LogP contribution >= 0.6 is 0 Å². The van der Waals surface area contributed by atoms with Gasteiger partial charge in [0.25, 0.3) is 0 Å². The molecule has 94 valence electrons. The van der Waals surface area contributed by atoms with Crippen LogP contribution in [0.4, 0.5) is 0 Å². The number of carbonyl (C=O) groups is 1. The smallest absolute Gasteiger partial charge is 0.335 e. The zero-order chi connectivity index (χ0) is 12.5. The summed E-state index contributed by atoms with van der Waals surface area (Å²) in [6.45, 7) is 3.31. The van der Waals surface area contributed by atoms with Gasteiger partial charge in [0.2, 0.25) is 0 Å². The van der Waals surface area contributed by atoms with Gasteiger partial charge in [-0.1, -0.05) is 0 Å². The maximum atomic E-state index is 10.8. The highest BCUT2D eigenvalue weighted by Crippen LogP contribution is 2.23. The van der Waals surface area contributed by atoms with Crippen molar-refractivity contribution in [2.24, 2.45) is 0 Å². The van der Waals surface area contributed by atoms with Gasteiger partial charge < -0.3 is 29.9 Å². The Hall–Kier alpha value is -0.730. The summed E-state index contributed by atoms with van der Waals surface area (Å²) in [7, 11) is 0. The highest BCUT2D eigenvalue weighted by Gasteiger charge is 2.48. The molecule has 0 amide bonds. The average Bonchev–Trinajstić information content (AvgIpc) is 2.17. The lowest BCUT2D eigenvalue weighted by Gasteiger charge is -2.39. The van der Waals surface area contributed by atoms with Crippen molar-refractivity contribution in [1.82, 2.24) is 0 Å². The summed E-state index contributed by atoms with van der Waals surface area (Å²) in [5.41, 5.74) is 0. The monoisotopic (exact) mass is 236 g/mol. The Bertz CT molecular complexity index is 254. The number of aliphatic hydroxyl groups excluding tert-OH is 3. The Kier molecular flexibility index (Phi) is 4.22. The van der Waals surface area contributed by atoms with Crippen molar-refractivity contribution < 1.29 is 34.7 Å². The van der Waals surface area contributed by atoms with Crippen LogP contribution in [0.2, 0.25) is 0 Å². The van der Waals surface area contributed by atoms with Gasteiger partial charge in [0.1, 0.15) is 18.3 Å². The average molecular weight is 236 g/mol. The second kappa shape index (κ2) is 5.07. The van der Waals surface area contributed by atoms with Gasteiger partial charge in [-0.3, -0.25) is 0 Å². The molecular formula is C9H16O7. The third-order valence-electron chi connectivity index (χ3n) is 2.24. The van der Waals surface area contributed by atoms with Crippen LogP contribution in [-0.2, 0) is 14.3 Å². The number of aliphatic carboxylic acids is 1. The molecule has 7 nitrogen and oxygen atoms in total. The molecule has 1 heterocycles. The van der Waals surface area contributed by atoms with Crippen LogP contribution in [0.15, 0.2) is 0 Å². The Balaban J connectivity index is 2.84. The fourth-order valence-corrected chi connectivity index (χ4v) is 1.52. The second-order valence-corrected chi connectivity index (χ2v) is 3.92. The molecule has 0 radical (unpaired) electrons. The summed E-state index contributed by atoms with van der Waals surface area (Å²) in [4.78, 5) is 10.8. The van der Waals surface area contributed by atoms with Crippen LogP contribution in [0.1, 0.15) is 13.8 Å². The Morgan fingerprint density at radius 1 is 1.25 bits per heavy atom. The predicted octanol–water partition coefficient (Wildman–Crippen LogP) is -1.70. The molecule has 0 bridgehead atoms. The summed E-state index contributed by atoms with van der Waals surface area (Å²) in [5.74, 6) is -1.37. The zero-order valence-electron chi connectivity index (χ0n) is 8.98. The summed E-state index contributed by atoms with van der Waals surface area (Å²) >= 11 is 0. The fraction of sp³-hybridized carbons (Fsp3) is 0.889. The van der Waals surface area contributed by atoms with Crippen LogP contribution in [0.25, 0.3) is 0 Å². The van der Waals surface area contributed by atoms with E-state index in [1.165, 1.54) is 0 Å². The van der Waals surface area contributed by atoms with E-state index < -0.39 is 36.7 Å². The molecule has 0 saturated carbocycles. The maximum absolute atomic E-state index is 10.8. The minimum atomic E-state index is -1.73. The standard InChI is InChI=1S/C9H16O7/c1-3(2)15-6-4(10)5(11)9(14)16-7(6)8(12)13/h3-7,9-11,14H,1-2H3,(H,12,13)/t4-,5-,6+,7+,9-/m1/s1. The summed E-state index contributed by atoms with van der Waals surface area (Å²) < 4.78 is 9.83. The first-order valence-corrected chi connectivity index (χ1v) is 4.92. The van der Waals surface area contributed by atoms with Crippen molar-refractivity contribution in [1.29, 1.82) is 0 Å². The minimum absolute atomic E-state index is 0.340. The molecule has 1 fully saturated rings. The summed E-state index contributed by atoms with van der Waals surface area (Å²) in [5, 5.41) is 36.9. The predicted molar refractivity (Wildman–Crippen MR) is 50.5 cm³/mol. The van der Waals surface area contributed by atoms with Gasteiger partial charge >= 0.3 is 5.97 Å². The highest BCUT2D eigenvalue weighted by molar-refractivity contribution is 5.73. The SMILES string of the molecule is CC(C)O[C@H]1[C@H](O)[C@@H](O)[C@H](O)O[C@@H]1C(=O)O. The Morgan fingerprint density at radius 3 is 2.25 bits per heavy atom. The van der Waals surface area contributed by atoms with Crippen molar-refractivity contribution in [2.45, 2.75) is 50.7 Å². The van der Waals surface area contributed by atoms with E-state index in [4.69, 9.17) is 14.9 Å². The molecule has 0 aromatic rings. The molecule has 0 aromatic carbocycles. The number of carboxylic acid groups (broad SMARTS) is 1. The molecule has 0 aromatic heterocycles.